The highest BCUT2D eigenvalue weighted by Crippen LogP contribution is 2.26. The maximum atomic E-state index is 13.0. The van der Waals surface area contributed by atoms with Gasteiger partial charge in [-0.2, -0.15) is 4.39 Å². The third-order valence-corrected chi connectivity index (χ3v) is 1.83. The Bertz CT molecular complexity index is 436. The molecule has 0 fully saturated rings. The van der Waals surface area contributed by atoms with Gasteiger partial charge in [0.25, 0.3) is 0 Å². The van der Waals surface area contributed by atoms with Gasteiger partial charge in [-0.3, -0.25) is 0 Å². The van der Waals surface area contributed by atoms with Gasteiger partial charge >= 0.3 is 0 Å². The first-order chi connectivity index (χ1) is 5.70. The predicted molar refractivity (Wildman–Crippen MR) is 42.3 cm³/mol. The molecule has 0 aliphatic carbocycles. The molecular formula is C8H7FN2O. The second kappa shape index (κ2) is 2.20. The number of hydrogen-bond donors (Lipinski definition) is 1. The topological polar surface area (TPSA) is 38.0 Å². The number of aryl methyl sites for hydroxylation is 1. The van der Waals surface area contributed by atoms with Crippen LogP contribution in [0.3, 0.4) is 0 Å². The first kappa shape index (κ1) is 7.09. The van der Waals surface area contributed by atoms with Gasteiger partial charge in [-0.1, -0.05) is 0 Å². The SMILES string of the molecule is Cn1cc(O)c2c(F)nccc21. The van der Waals surface area contributed by atoms with Crippen LogP contribution in [-0.4, -0.2) is 14.7 Å². The van der Waals surface area contributed by atoms with Crippen LogP contribution in [0.15, 0.2) is 18.5 Å². The normalized spacial score (nSPS) is 10.8. The van der Waals surface area contributed by atoms with Gasteiger partial charge < -0.3 is 9.67 Å². The summed E-state index contributed by atoms with van der Waals surface area (Å²) in [4.78, 5) is 3.44. The van der Waals surface area contributed by atoms with E-state index in [4.69, 9.17) is 0 Å². The van der Waals surface area contributed by atoms with Gasteiger partial charge in [-0.15, -0.1) is 0 Å². The van der Waals surface area contributed by atoms with Crippen LogP contribution < -0.4 is 0 Å². The van der Waals surface area contributed by atoms with E-state index in [1.54, 1.807) is 17.7 Å². The molecule has 2 aromatic rings. The summed E-state index contributed by atoms with van der Waals surface area (Å²) in [6, 6.07) is 1.65. The van der Waals surface area contributed by atoms with Crippen molar-refractivity contribution >= 4 is 10.9 Å². The van der Waals surface area contributed by atoms with Crippen LogP contribution in [0.25, 0.3) is 10.9 Å². The molecule has 3 nitrogen and oxygen atoms in total. The summed E-state index contributed by atoms with van der Waals surface area (Å²) in [5, 5.41) is 9.45. The lowest BCUT2D eigenvalue weighted by atomic mass is 10.3. The minimum atomic E-state index is -0.634. The molecule has 1 N–H and O–H groups in total. The molecule has 12 heavy (non-hydrogen) atoms. The van der Waals surface area contributed by atoms with Crippen molar-refractivity contribution in [3.63, 3.8) is 0 Å². The zero-order valence-electron chi connectivity index (χ0n) is 6.45. The lowest BCUT2D eigenvalue weighted by Gasteiger charge is -1.93. The van der Waals surface area contributed by atoms with Gasteiger partial charge in [0.2, 0.25) is 5.95 Å². The van der Waals surface area contributed by atoms with Gasteiger partial charge in [0, 0.05) is 19.4 Å². The Kier molecular flexibility index (Phi) is 1.30. The molecule has 0 saturated carbocycles. The number of nitrogens with zero attached hydrogens (tertiary/aromatic N) is 2. The molecule has 0 amide bonds. The Morgan fingerprint density at radius 1 is 1.58 bits per heavy atom. The molecule has 0 saturated heterocycles. The number of hydrogen-bond acceptors (Lipinski definition) is 2. The van der Waals surface area contributed by atoms with Crippen LogP contribution in [0.5, 0.6) is 5.75 Å². The van der Waals surface area contributed by atoms with E-state index in [1.165, 1.54) is 12.4 Å². The molecule has 0 radical (unpaired) electrons. The maximum absolute atomic E-state index is 13.0. The van der Waals surface area contributed by atoms with Gasteiger partial charge in [0.1, 0.15) is 5.75 Å². The number of fused-ring (bicyclic) bond motifs is 1. The fourth-order valence-electron chi connectivity index (χ4n) is 1.28. The van der Waals surface area contributed by atoms with Crippen LogP contribution in [0.4, 0.5) is 4.39 Å². The Labute approximate surface area is 68.1 Å². The van der Waals surface area contributed by atoms with Crippen LogP contribution in [0.1, 0.15) is 0 Å². The first-order valence-electron chi connectivity index (χ1n) is 3.48. The average molecular weight is 166 g/mol. The molecule has 0 aliphatic heterocycles. The molecular weight excluding hydrogens is 159 g/mol. The van der Waals surface area contributed by atoms with Gasteiger partial charge in [0.15, 0.2) is 0 Å². The Balaban J connectivity index is 2.99. The van der Waals surface area contributed by atoms with E-state index in [2.05, 4.69) is 4.98 Å². The average Bonchev–Trinajstić information content (AvgIpc) is 2.29. The van der Waals surface area contributed by atoms with Crippen LogP contribution >= 0.6 is 0 Å². The molecule has 0 aromatic carbocycles. The number of aromatic hydroxyl groups is 1. The quantitative estimate of drug-likeness (QED) is 0.601. The Hall–Kier alpha value is -1.58. The van der Waals surface area contributed by atoms with Crippen LogP contribution in [-0.2, 0) is 7.05 Å². The number of aromatic nitrogens is 2. The summed E-state index contributed by atoms with van der Waals surface area (Å²) in [6.45, 7) is 0. The molecule has 62 valence electrons. The first-order valence-corrected chi connectivity index (χ1v) is 3.48. The standard InChI is InChI=1S/C8H7FN2O/c1-11-4-6(12)7-5(11)2-3-10-8(7)9/h2-4,12H,1H3. The van der Waals surface area contributed by atoms with Crippen molar-refractivity contribution in [1.29, 1.82) is 0 Å². The van der Waals surface area contributed by atoms with E-state index in [0.29, 0.717) is 5.52 Å². The van der Waals surface area contributed by atoms with E-state index < -0.39 is 5.95 Å². The predicted octanol–water partition coefficient (Wildman–Crippen LogP) is 1.42. The Morgan fingerprint density at radius 2 is 2.33 bits per heavy atom. The molecule has 0 unspecified atom stereocenters. The fourth-order valence-corrected chi connectivity index (χ4v) is 1.28. The number of halogens is 1. The van der Waals surface area contributed by atoms with Crippen molar-refractivity contribution in [2.45, 2.75) is 0 Å². The van der Waals surface area contributed by atoms with E-state index in [9.17, 15) is 9.50 Å². The van der Waals surface area contributed by atoms with Crippen molar-refractivity contribution in [3.8, 4) is 5.75 Å². The van der Waals surface area contributed by atoms with Crippen molar-refractivity contribution < 1.29 is 9.50 Å². The summed E-state index contributed by atoms with van der Waals surface area (Å²) in [5.74, 6) is -0.705. The molecule has 2 heterocycles. The van der Waals surface area contributed by atoms with Crippen molar-refractivity contribution in [3.05, 3.63) is 24.4 Å². The lowest BCUT2D eigenvalue weighted by molar-refractivity contribution is 0.476. The van der Waals surface area contributed by atoms with E-state index in [1.807, 2.05) is 0 Å². The molecule has 2 aromatic heterocycles. The molecule has 4 heteroatoms. The lowest BCUT2D eigenvalue weighted by Crippen LogP contribution is -1.86. The molecule has 2 rings (SSSR count). The summed E-state index contributed by atoms with van der Waals surface area (Å²) in [6.07, 6.45) is 2.83. The van der Waals surface area contributed by atoms with Crippen molar-refractivity contribution in [2.75, 3.05) is 0 Å². The van der Waals surface area contributed by atoms with Crippen molar-refractivity contribution in [2.24, 2.45) is 7.05 Å². The molecule has 0 aliphatic rings. The number of pyridine rings is 1. The highest BCUT2D eigenvalue weighted by atomic mass is 19.1. The summed E-state index contributed by atoms with van der Waals surface area (Å²) in [5.41, 5.74) is 0.639. The maximum Gasteiger partial charge on any atom is 0.226 e. The molecule has 0 atom stereocenters. The third-order valence-electron chi connectivity index (χ3n) is 1.83. The van der Waals surface area contributed by atoms with Crippen LogP contribution in [0, 0.1) is 5.95 Å². The largest absolute Gasteiger partial charge is 0.506 e. The minimum absolute atomic E-state index is 0.0712. The van der Waals surface area contributed by atoms with Crippen molar-refractivity contribution in [1.82, 2.24) is 9.55 Å². The summed E-state index contributed by atoms with van der Waals surface area (Å²) < 4.78 is 14.6. The zero-order valence-corrected chi connectivity index (χ0v) is 6.45. The summed E-state index contributed by atoms with van der Waals surface area (Å²) in [7, 11) is 1.74. The number of rotatable bonds is 0. The van der Waals surface area contributed by atoms with Crippen LogP contribution in [0.2, 0.25) is 0 Å². The van der Waals surface area contributed by atoms with E-state index in [-0.39, 0.29) is 11.1 Å². The minimum Gasteiger partial charge on any atom is -0.506 e. The molecule has 0 spiro atoms. The van der Waals surface area contributed by atoms with E-state index in [0.717, 1.165) is 0 Å². The van der Waals surface area contributed by atoms with Gasteiger partial charge in [0.05, 0.1) is 10.9 Å². The van der Waals surface area contributed by atoms with Gasteiger partial charge in [-0.25, -0.2) is 4.98 Å². The van der Waals surface area contributed by atoms with Gasteiger partial charge in [-0.05, 0) is 6.07 Å². The van der Waals surface area contributed by atoms with E-state index >= 15 is 0 Å². The molecule has 0 bridgehead atoms. The monoisotopic (exact) mass is 166 g/mol. The Morgan fingerprint density at radius 3 is 3.00 bits per heavy atom. The summed E-state index contributed by atoms with van der Waals surface area (Å²) >= 11 is 0. The zero-order chi connectivity index (χ0) is 8.72. The fraction of sp³-hybridized carbons (Fsp3) is 0.125. The second-order valence-corrected chi connectivity index (χ2v) is 2.62. The third kappa shape index (κ3) is 0.777. The second-order valence-electron chi connectivity index (χ2n) is 2.62. The highest BCUT2D eigenvalue weighted by Gasteiger charge is 2.09. The smallest absolute Gasteiger partial charge is 0.226 e. The highest BCUT2D eigenvalue weighted by molar-refractivity contribution is 5.85.